The highest BCUT2D eigenvalue weighted by atomic mass is 32.2. The van der Waals surface area contributed by atoms with E-state index in [0.717, 1.165) is 25.0 Å². The van der Waals surface area contributed by atoms with Crippen molar-refractivity contribution in [2.24, 2.45) is 0 Å². The van der Waals surface area contributed by atoms with Gasteiger partial charge in [-0.25, -0.2) is 0 Å². The Morgan fingerprint density at radius 1 is 1.50 bits per heavy atom. The van der Waals surface area contributed by atoms with E-state index in [1.807, 2.05) is 13.0 Å². The summed E-state index contributed by atoms with van der Waals surface area (Å²) in [7, 11) is -0.653. The highest BCUT2D eigenvalue weighted by Crippen LogP contribution is 2.30. The summed E-state index contributed by atoms with van der Waals surface area (Å²) in [5.74, 6) is 0.875. The van der Waals surface area contributed by atoms with Crippen LogP contribution in [0.25, 0.3) is 0 Å². The Kier molecular flexibility index (Phi) is 4.66. The zero-order valence-corrected chi connectivity index (χ0v) is 9.94. The molecule has 0 spiro atoms. The molecule has 1 saturated heterocycles. The molecule has 1 aliphatic rings. The minimum absolute atomic E-state index is 0.000167. The summed E-state index contributed by atoms with van der Waals surface area (Å²) in [6.07, 6.45) is 7.90. The quantitative estimate of drug-likeness (QED) is 0.533. The van der Waals surface area contributed by atoms with Gasteiger partial charge in [0.2, 0.25) is 0 Å². The molecule has 0 aliphatic carbocycles. The van der Waals surface area contributed by atoms with Crippen LogP contribution in [0.2, 0.25) is 0 Å². The van der Waals surface area contributed by atoms with E-state index >= 15 is 0 Å². The summed E-state index contributed by atoms with van der Waals surface area (Å²) >= 11 is 0. The van der Waals surface area contributed by atoms with Gasteiger partial charge in [0, 0.05) is 21.3 Å². The minimum Gasteiger partial charge on any atom is -0.501 e. The van der Waals surface area contributed by atoms with Gasteiger partial charge >= 0.3 is 0 Å². The third kappa shape index (κ3) is 3.12. The Hall–Kier alpha value is -0.310. The third-order valence-electron chi connectivity index (χ3n) is 2.82. The largest absolute Gasteiger partial charge is 0.501 e. The molecule has 0 bridgehead atoms. The molecule has 0 N–H and O–H groups in total. The number of ether oxygens (including phenoxy) is 1. The van der Waals surface area contributed by atoms with Gasteiger partial charge in [-0.05, 0) is 33.1 Å². The van der Waals surface area contributed by atoms with Crippen molar-refractivity contribution in [2.75, 3.05) is 12.4 Å². The van der Waals surface area contributed by atoms with Crippen LogP contribution in [-0.4, -0.2) is 21.3 Å². The zero-order chi connectivity index (χ0) is 10.4. The van der Waals surface area contributed by atoms with Gasteiger partial charge in [-0.15, -0.1) is 0 Å². The van der Waals surface area contributed by atoms with Gasteiger partial charge < -0.3 is 4.74 Å². The number of hydrogen-bond donors (Lipinski definition) is 0. The number of hydrogen-bond acceptors (Lipinski definition) is 2. The van der Waals surface area contributed by atoms with Gasteiger partial charge in [-0.2, -0.15) is 0 Å². The summed E-state index contributed by atoms with van der Waals surface area (Å²) in [6, 6.07) is 0. The third-order valence-corrected chi connectivity index (χ3v) is 4.98. The first-order valence-corrected chi connectivity index (χ1v) is 6.62. The maximum absolute atomic E-state index is 11.8. The van der Waals surface area contributed by atoms with Gasteiger partial charge in [-0.1, -0.05) is 12.5 Å². The van der Waals surface area contributed by atoms with E-state index in [1.165, 1.54) is 6.42 Å². The highest BCUT2D eigenvalue weighted by molar-refractivity contribution is 7.86. The minimum atomic E-state index is -0.653. The van der Waals surface area contributed by atoms with Gasteiger partial charge in [0.25, 0.3) is 0 Å². The fourth-order valence-corrected chi connectivity index (χ4v) is 3.41. The van der Waals surface area contributed by atoms with E-state index in [1.54, 1.807) is 6.26 Å². The lowest BCUT2D eigenvalue weighted by Gasteiger charge is -2.32. The Morgan fingerprint density at radius 2 is 2.29 bits per heavy atom. The van der Waals surface area contributed by atoms with Crippen molar-refractivity contribution in [3.8, 4) is 0 Å². The normalized spacial score (nSPS) is 33.4. The molecule has 1 rings (SSSR count). The molecule has 3 heteroatoms. The molecule has 0 aromatic heterocycles. The Labute approximate surface area is 89.2 Å². The number of allylic oxidation sites excluding steroid dienone is 1. The van der Waals surface area contributed by atoms with Crippen LogP contribution in [0.3, 0.4) is 0 Å². The van der Waals surface area contributed by atoms with E-state index < -0.39 is 10.8 Å². The van der Waals surface area contributed by atoms with E-state index in [-0.39, 0.29) is 4.75 Å². The van der Waals surface area contributed by atoms with Crippen molar-refractivity contribution in [1.29, 1.82) is 0 Å². The Morgan fingerprint density at radius 3 is 2.93 bits per heavy atom. The van der Waals surface area contributed by atoms with Crippen molar-refractivity contribution in [3.63, 3.8) is 0 Å². The second-order valence-electron chi connectivity index (χ2n) is 4.05. The molecular formula is C11H20O2S. The lowest BCUT2D eigenvalue weighted by atomic mass is 9.99. The fourth-order valence-electron chi connectivity index (χ4n) is 1.77. The predicted molar refractivity (Wildman–Crippen MR) is 60.6 cm³/mol. The molecule has 0 aromatic rings. The molecule has 0 aromatic carbocycles. The molecule has 82 valence electrons. The van der Waals surface area contributed by atoms with Crippen LogP contribution in [-0.2, 0) is 15.5 Å². The molecule has 0 amide bonds. The van der Waals surface area contributed by atoms with Crippen LogP contribution < -0.4 is 0 Å². The van der Waals surface area contributed by atoms with Crippen molar-refractivity contribution in [3.05, 3.63) is 12.3 Å². The molecule has 2 atom stereocenters. The molecule has 1 heterocycles. The van der Waals surface area contributed by atoms with Crippen LogP contribution >= 0.6 is 0 Å². The SMILES string of the molecule is C/C=C/OCCC1(C)CCCCS1=O. The molecule has 0 saturated carbocycles. The monoisotopic (exact) mass is 216 g/mol. The first-order chi connectivity index (χ1) is 6.69. The van der Waals surface area contributed by atoms with Crippen LogP contribution in [0, 0.1) is 0 Å². The van der Waals surface area contributed by atoms with Crippen LogP contribution in [0.4, 0.5) is 0 Å². The highest BCUT2D eigenvalue weighted by Gasteiger charge is 2.33. The van der Waals surface area contributed by atoms with E-state index in [2.05, 4.69) is 6.92 Å². The maximum atomic E-state index is 11.8. The lowest BCUT2D eigenvalue weighted by Crippen LogP contribution is -2.36. The van der Waals surface area contributed by atoms with Crippen molar-refractivity contribution < 1.29 is 8.95 Å². The van der Waals surface area contributed by atoms with E-state index in [4.69, 9.17) is 4.74 Å². The van der Waals surface area contributed by atoms with E-state index in [0.29, 0.717) is 6.61 Å². The second-order valence-corrected chi connectivity index (χ2v) is 6.13. The summed E-state index contributed by atoms with van der Waals surface area (Å²) in [4.78, 5) is 0. The van der Waals surface area contributed by atoms with Crippen molar-refractivity contribution in [2.45, 2.75) is 44.3 Å². The van der Waals surface area contributed by atoms with Gasteiger partial charge in [0.05, 0.1) is 12.9 Å². The summed E-state index contributed by atoms with van der Waals surface area (Å²) < 4.78 is 17.1. The average molecular weight is 216 g/mol. The molecule has 1 fully saturated rings. The first kappa shape index (κ1) is 11.8. The summed E-state index contributed by atoms with van der Waals surface area (Å²) in [5.41, 5.74) is 0. The smallest absolute Gasteiger partial charge is 0.0887 e. The fraction of sp³-hybridized carbons (Fsp3) is 0.818. The van der Waals surface area contributed by atoms with Crippen molar-refractivity contribution >= 4 is 10.8 Å². The standard InChI is InChI=1S/C11H20O2S/c1-3-8-13-9-7-11(2)6-4-5-10-14(11)12/h3,8H,4-7,9-10H2,1-2H3/b8-3+. The van der Waals surface area contributed by atoms with Crippen LogP contribution in [0.5, 0.6) is 0 Å². The summed E-state index contributed by atoms with van der Waals surface area (Å²) in [6.45, 7) is 4.74. The molecule has 1 aliphatic heterocycles. The Balaban J connectivity index is 2.35. The predicted octanol–water partition coefficient (Wildman–Crippen LogP) is 2.62. The Bertz CT molecular complexity index is 225. The van der Waals surface area contributed by atoms with Crippen molar-refractivity contribution in [1.82, 2.24) is 0 Å². The lowest BCUT2D eigenvalue weighted by molar-refractivity contribution is 0.226. The van der Waals surface area contributed by atoms with Gasteiger partial charge in [0.1, 0.15) is 0 Å². The first-order valence-electron chi connectivity index (χ1n) is 5.30. The molecular weight excluding hydrogens is 196 g/mol. The summed E-state index contributed by atoms with van der Waals surface area (Å²) in [5, 5.41) is 0. The topological polar surface area (TPSA) is 26.3 Å². The van der Waals surface area contributed by atoms with Crippen LogP contribution in [0.15, 0.2) is 12.3 Å². The molecule has 2 unspecified atom stereocenters. The molecule has 0 radical (unpaired) electrons. The van der Waals surface area contributed by atoms with Gasteiger partial charge in [0.15, 0.2) is 0 Å². The number of rotatable bonds is 4. The molecule has 14 heavy (non-hydrogen) atoms. The van der Waals surface area contributed by atoms with Gasteiger partial charge in [-0.3, -0.25) is 4.21 Å². The van der Waals surface area contributed by atoms with E-state index in [9.17, 15) is 4.21 Å². The zero-order valence-electron chi connectivity index (χ0n) is 9.12. The molecule has 2 nitrogen and oxygen atoms in total. The van der Waals surface area contributed by atoms with Crippen LogP contribution in [0.1, 0.15) is 39.5 Å². The second kappa shape index (κ2) is 5.54. The average Bonchev–Trinajstić information content (AvgIpc) is 2.18. The maximum Gasteiger partial charge on any atom is 0.0887 e.